The van der Waals surface area contributed by atoms with Crippen molar-refractivity contribution in [3.63, 3.8) is 0 Å². The standard InChI is InChI=1S/C12H12FN3O/c13-10-3-1-8(2-4-10)12-15-11(16-17-12)9-5-6-14-7-9/h1-4,9,14H,5-7H2/t9-/m1/s1. The number of hydrogen-bond acceptors (Lipinski definition) is 4. The molecule has 2 aromatic rings. The molecule has 17 heavy (non-hydrogen) atoms. The van der Waals surface area contributed by atoms with Gasteiger partial charge in [0.1, 0.15) is 5.82 Å². The summed E-state index contributed by atoms with van der Waals surface area (Å²) in [5, 5.41) is 7.23. The molecule has 2 heterocycles. The van der Waals surface area contributed by atoms with E-state index in [0.717, 1.165) is 30.9 Å². The van der Waals surface area contributed by atoms with Crippen LogP contribution in [0.2, 0.25) is 0 Å². The molecule has 0 radical (unpaired) electrons. The van der Waals surface area contributed by atoms with Crippen LogP contribution < -0.4 is 5.32 Å². The Morgan fingerprint density at radius 1 is 1.29 bits per heavy atom. The van der Waals surface area contributed by atoms with Crippen LogP contribution in [0.4, 0.5) is 4.39 Å². The summed E-state index contributed by atoms with van der Waals surface area (Å²) in [6, 6.07) is 6.05. The number of aromatic nitrogens is 2. The van der Waals surface area contributed by atoms with Crippen LogP contribution in [-0.2, 0) is 0 Å². The lowest BCUT2D eigenvalue weighted by Crippen LogP contribution is -2.08. The average molecular weight is 233 g/mol. The Labute approximate surface area is 97.8 Å². The van der Waals surface area contributed by atoms with Crippen molar-refractivity contribution in [2.45, 2.75) is 12.3 Å². The minimum atomic E-state index is -0.270. The lowest BCUT2D eigenvalue weighted by Gasteiger charge is -1.98. The summed E-state index contributed by atoms with van der Waals surface area (Å²) in [7, 11) is 0. The highest BCUT2D eigenvalue weighted by atomic mass is 19.1. The molecule has 1 aliphatic rings. The first kappa shape index (κ1) is 10.4. The van der Waals surface area contributed by atoms with Crippen LogP contribution in [0, 0.1) is 5.82 Å². The van der Waals surface area contributed by atoms with Gasteiger partial charge in [-0.1, -0.05) is 5.16 Å². The largest absolute Gasteiger partial charge is 0.334 e. The van der Waals surface area contributed by atoms with E-state index in [1.54, 1.807) is 12.1 Å². The maximum atomic E-state index is 12.8. The average Bonchev–Trinajstić information content (AvgIpc) is 3.00. The Morgan fingerprint density at radius 3 is 2.82 bits per heavy atom. The highest BCUT2D eigenvalue weighted by Gasteiger charge is 2.22. The number of nitrogens with one attached hydrogen (secondary N) is 1. The predicted octanol–water partition coefficient (Wildman–Crippen LogP) is 1.95. The fraction of sp³-hybridized carbons (Fsp3) is 0.333. The topological polar surface area (TPSA) is 51.0 Å². The van der Waals surface area contributed by atoms with Crippen molar-refractivity contribution in [1.29, 1.82) is 0 Å². The molecule has 1 N–H and O–H groups in total. The zero-order chi connectivity index (χ0) is 11.7. The van der Waals surface area contributed by atoms with Crippen molar-refractivity contribution < 1.29 is 8.91 Å². The molecule has 1 aromatic heterocycles. The molecule has 5 heteroatoms. The Hall–Kier alpha value is -1.75. The molecular formula is C12H12FN3O. The van der Waals surface area contributed by atoms with Crippen molar-refractivity contribution in [1.82, 2.24) is 15.5 Å². The third-order valence-corrected chi connectivity index (χ3v) is 2.96. The lowest BCUT2D eigenvalue weighted by molar-refractivity contribution is 0.417. The second-order valence-electron chi connectivity index (χ2n) is 4.15. The van der Waals surface area contributed by atoms with E-state index in [1.165, 1.54) is 12.1 Å². The van der Waals surface area contributed by atoms with Gasteiger partial charge in [-0.15, -0.1) is 0 Å². The quantitative estimate of drug-likeness (QED) is 0.861. The van der Waals surface area contributed by atoms with Gasteiger partial charge in [0.15, 0.2) is 5.82 Å². The molecule has 1 aliphatic heterocycles. The van der Waals surface area contributed by atoms with Gasteiger partial charge in [0.05, 0.1) is 0 Å². The van der Waals surface area contributed by atoms with Crippen molar-refractivity contribution >= 4 is 0 Å². The Morgan fingerprint density at radius 2 is 2.12 bits per heavy atom. The fourth-order valence-corrected chi connectivity index (χ4v) is 1.99. The van der Waals surface area contributed by atoms with Crippen molar-refractivity contribution in [2.24, 2.45) is 0 Å². The van der Waals surface area contributed by atoms with E-state index in [-0.39, 0.29) is 5.82 Å². The van der Waals surface area contributed by atoms with E-state index in [9.17, 15) is 4.39 Å². The molecule has 0 saturated carbocycles. The van der Waals surface area contributed by atoms with E-state index in [0.29, 0.717) is 11.8 Å². The van der Waals surface area contributed by atoms with Gasteiger partial charge in [0.2, 0.25) is 0 Å². The van der Waals surface area contributed by atoms with Gasteiger partial charge in [-0.05, 0) is 37.2 Å². The third kappa shape index (κ3) is 2.06. The van der Waals surface area contributed by atoms with E-state index in [1.807, 2.05) is 0 Å². The molecule has 4 nitrogen and oxygen atoms in total. The molecule has 1 aromatic carbocycles. The number of benzene rings is 1. The summed E-state index contributed by atoms with van der Waals surface area (Å²) in [6.45, 7) is 1.88. The van der Waals surface area contributed by atoms with E-state index >= 15 is 0 Å². The third-order valence-electron chi connectivity index (χ3n) is 2.96. The molecular weight excluding hydrogens is 221 g/mol. The second-order valence-corrected chi connectivity index (χ2v) is 4.15. The molecule has 1 saturated heterocycles. The van der Waals surface area contributed by atoms with Crippen molar-refractivity contribution in [3.05, 3.63) is 35.9 Å². The lowest BCUT2D eigenvalue weighted by atomic mass is 10.1. The van der Waals surface area contributed by atoms with Crippen LogP contribution in [-0.4, -0.2) is 23.2 Å². The first-order valence-electron chi connectivity index (χ1n) is 5.63. The van der Waals surface area contributed by atoms with Gasteiger partial charge in [0.25, 0.3) is 5.89 Å². The zero-order valence-electron chi connectivity index (χ0n) is 9.19. The molecule has 0 bridgehead atoms. The van der Waals surface area contributed by atoms with Gasteiger partial charge < -0.3 is 9.84 Å². The number of nitrogens with zero attached hydrogens (tertiary/aromatic N) is 2. The Balaban J connectivity index is 1.86. The van der Waals surface area contributed by atoms with Crippen LogP contribution in [0.5, 0.6) is 0 Å². The molecule has 1 atom stereocenters. The summed E-state index contributed by atoms with van der Waals surface area (Å²) in [4.78, 5) is 4.35. The number of halogens is 1. The van der Waals surface area contributed by atoms with E-state index in [4.69, 9.17) is 4.52 Å². The van der Waals surface area contributed by atoms with Crippen molar-refractivity contribution in [2.75, 3.05) is 13.1 Å². The second kappa shape index (κ2) is 4.25. The monoisotopic (exact) mass is 233 g/mol. The summed E-state index contributed by atoms with van der Waals surface area (Å²) in [6.07, 6.45) is 1.03. The van der Waals surface area contributed by atoms with Gasteiger partial charge >= 0.3 is 0 Å². The SMILES string of the molecule is Fc1ccc(-c2nc([C@@H]3CCNC3)no2)cc1. The van der Waals surface area contributed by atoms with Crippen molar-refractivity contribution in [3.8, 4) is 11.5 Å². The number of rotatable bonds is 2. The highest BCUT2D eigenvalue weighted by Crippen LogP contribution is 2.23. The highest BCUT2D eigenvalue weighted by molar-refractivity contribution is 5.52. The maximum absolute atomic E-state index is 12.8. The van der Waals surface area contributed by atoms with E-state index < -0.39 is 0 Å². The van der Waals surface area contributed by atoms with Crippen LogP contribution in [0.3, 0.4) is 0 Å². The number of hydrogen-bond donors (Lipinski definition) is 1. The first-order valence-corrected chi connectivity index (χ1v) is 5.63. The van der Waals surface area contributed by atoms with Gasteiger partial charge in [0, 0.05) is 18.0 Å². The normalized spacial score (nSPS) is 19.7. The van der Waals surface area contributed by atoms with Crippen LogP contribution in [0.1, 0.15) is 18.2 Å². The summed E-state index contributed by atoms with van der Waals surface area (Å²) in [5.41, 5.74) is 0.746. The molecule has 3 rings (SSSR count). The smallest absolute Gasteiger partial charge is 0.257 e. The molecule has 0 aliphatic carbocycles. The van der Waals surface area contributed by atoms with Crippen LogP contribution in [0.25, 0.3) is 11.5 Å². The summed E-state index contributed by atoms with van der Waals surface area (Å²) >= 11 is 0. The van der Waals surface area contributed by atoms with Gasteiger partial charge in [-0.3, -0.25) is 0 Å². The molecule has 0 amide bonds. The first-order chi connectivity index (χ1) is 8.33. The fourth-order valence-electron chi connectivity index (χ4n) is 1.99. The zero-order valence-corrected chi connectivity index (χ0v) is 9.19. The molecule has 0 unspecified atom stereocenters. The summed E-state index contributed by atoms with van der Waals surface area (Å²) in [5.74, 6) is 1.24. The minimum absolute atomic E-state index is 0.270. The summed E-state index contributed by atoms with van der Waals surface area (Å²) < 4.78 is 18.0. The maximum Gasteiger partial charge on any atom is 0.257 e. The molecule has 1 fully saturated rings. The predicted molar refractivity (Wildman–Crippen MR) is 59.9 cm³/mol. The van der Waals surface area contributed by atoms with E-state index in [2.05, 4.69) is 15.5 Å². The minimum Gasteiger partial charge on any atom is -0.334 e. The van der Waals surface area contributed by atoms with Gasteiger partial charge in [-0.2, -0.15) is 4.98 Å². The molecule has 0 spiro atoms. The van der Waals surface area contributed by atoms with Crippen LogP contribution in [0.15, 0.2) is 28.8 Å². The van der Waals surface area contributed by atoms with Crippen LogP contribution >= 0.6 is 0 Å². The Kier molecular flexibility index (Phi) is 2.60. The Bertz CT molecular complexity index is 503. The molecule has 88 valence electrons. The van der Waals surface area contributed by atoms with Gasteiger partial charge in [-0.25, -0.2) is 4.39 Å².